The van der Waals surface area contributed by atoms with E-state index >= 15 is 0 Å². The van der Waals surface area contributed by atoms with Gasteiger partial charge in [0.1, 0.15) is 0 Å². The van der Waals surface area contributed by atoms with Gasteiger partial charge in [0.2, 0.25) is 5.91 Å². The van der Waals surface area contributed by atoms with E-state index in [1.165, 1.54) is 5.56 Å². The van der Waals surface area contributed by atoms with Crippen LogP contribution in [0, 0.1) is 5.92 Å². The summed E-state index contributed by atoms with van der Waals surface area (Å²) in [5.41, 5.74) is 1.17. The summed E-state index contributed by atoms with van der Waals surface area (Å²) in [7, 11) is 1.86. The molecule has 3 heteroatoms. The summed E-state index contributed by atoms with van der Waals surface area (Å²) in [4.78, 5) is 11.9. The van der Waals surface area contributed by atoms with E-state index in [0.717, 1.165) is 6.42 Å². The molecule has 0 aliphatic carbocycles. The molecular weight excluding hydrogens is 212 g/mol. The molecule has 17 heavy (non-hydrogen) atoms. The van der Waals surface area contributed by atoms with Crippen molar-refractivity contribution in [2.75, 3.05) is 13.6 Å². The van der Waals surface area contributed by atoms with Crippen molar-refractivity contribution in [2.24, 2.45) is 5.92 Å². The highest BCUT2D eigenvalue weighted by Gasteiger charge is 2.16. The molecule has 0 aliphatic heterocycles. The molecule has 0 saturated heterocycles. The van der Waals surface area contributed by atoms with E-state index in [4.69, 9.17) is 0 Å². The number of hydrogen-bond donors (Lipinski definition) is 2. The van der Waals surface area contributed by atoms with Crippen LogP contribution in [0.2, 0.25) is 0 Å². The van der Waals surface area contributed by atoms with Crippen LogP contribution in [0.3, 0.4) is 0 Å². The molecule has 0 spiro atoms. The van der Waals surface area contributed by atoms with Crippen LogP contribution >= 0.6 is 0 Å². The molecule has 0 radical (unpaired) electrons. The standard InChI is InChI=1S/C14H22N2O/c1-4-13(12-8-6-5-7-9-12)16-14(17)11(2)10-15-3/h5-9,11,13,15H,4,10H2,1-3H3,(H,16,17). The highest BCUT2D eigenvalue weighted by molar-refractivity contribution is 5.79. The van der Waals surface area contributed by atoms with Gasteiger partial charge in [0.25, 0.3) is 0 Å². The van der Waals surface area contributed by atoms with Crippen molar-refractivity contribution in [3.63, 3.8) is 0 Å². The molecule has 2 unspecified atom stereocenters. The van der Waals surface area contributed by atoms with Crippen molar-refractivity contribution < 1.29 is 4.79 Å². The first-order chi connectivity index (χ1) is 8.19. The third-order valence-electron chi connectivity index (χ3n) is 2.88. The monoisotopic (exact) mass is 234 g/mol. The predicted octanol–water partition coefficient (Wildman–Crippen LogP) is 2.11. The van der Waals surface area contributed by atoms with E-state index in [0.29, 0.717) is 6.54 Å². The fraction of sp³-hybridized carbons (Fsp3) is 0.500. The zero-order chi connectivity index (χ0) is 12.7. The second kappa shape index (κ2) is 7.07. The van der Waals surface area contributed by atoms with Gasteiger partial charge < -0.3 is 10.6 Å². The summed E-state index contributed by atoms with van der Waals surface area (Å²) in [6.45, 7) is 4.72. The maximum absolute atomic E-state index is 11.9. The number of carbonyl (C=O) groups is 1. The maximum atomic E-state index is 11.9. The molecule has 1 aromatic rings. The molecular formula is C14H22N2O. The van der Waals surface area contributed by atoms with Gasteiger partial charge >= 0.3 is 0 Å². The highest BCUT2D eigenvalue weighted by Crippen LogP contribution is 2.16. The number of nitrogens with one attached hydrogen (secondary N) is 2. The minimum absolute atomic E-state index is 0.00207. The Hall–Kier alpha value is -1.35. The minimum atomic E-state index is -0.00207. The highest BCUT2D eigenvalue weighted by atomic mass is 16.1. The van der Waals surface area contributed by atoms with E-state index < -0.39 is 0 Å². The zero-order valence-corrected chi connectivity index (χ0v) is 10.9. The lowest BCUT2D eigenvalue weighted by molar-refractivity contribution is -0.125. The van der Waals surface area contributed by atoms with Crippen molar-refractivity contribution >= 4 is 5.91 Å². The van der Waals surface area contributed by atoms with Crippen molar-refractivity contribution in [2.45, 2.75) is 26.3 Å². The summed E-state index contributed by atoms with van der Waals surface area (Å²) < 4.78 is 0. The summed E-state index contributed by atoms with van der Waals surface area (Å²) >= 11 is 0. The average Bonchev–Trinajstić information content (AvgIpc) is 2.37. The average molecular weight is 234 g/mol. The fourth-order valence-corrected chi connectivity index (χ4v) is 1.82. The second-order valence-corrected chi connectivity index (χ2v) is 4.34. The molecule has 1 rings (SSSR count). The number of amides is 1. The second-order valence-electron chi connectivity index (χ2n) is 4.34. The predicted molar refractivity (Wildman–Crippen MR) is 70.7 cm³/mol. The van der Waals surface area contributed by atoms with Crippen LogP contribution < -0.4 is 10.6 Å². The van der Waals surface area contributed by atoms with Crippen LogP contribution in [0.4, 0.5) is 0 Å². The van der Waals surface area contributed by atoms with Crippen molar-refractivity contribution in [1.29, 1.82) is 0 Å². The molecule has 3 nitrogen and oxygen atoms in total. The van der Waals surface area contributed by atoms with Crippen LogP contribution in [0.5, 0.6) is 0 Å². The van der Waals surface area contributed by atoms with Crippen LogP contribution in [0.1, 0.15) is 31.9 Å². The molecule has 2 N–H and O–H groups in total. The van der Waals surface area contributed by atoms with E-state index in [9.17, 15) is 4.79 Å². The number of carbonyl (C=O) groups excluding carboxylic acids is 1. The molecule has 1 aromatic carbocycles. The maximum Gasteiger partial charge on any atom is 0.224 e. The Kier molecular flexibility index (Phi) is 5.70. The Labute approximate surface area is 104 Å². The van der Waals surface area contributed by atoms with Crippen LogP contribution in [-0.2, 0) is 4.79 Å². The Morgan fingerprint density at radius 2 is 1.94 bits per heavy atom. The van der Waals surface area contributed by atoms with E-state index in [2.05, 4.69) is 29.7 Å². The molecule has 2 atom stereocenters. The molecule has 0 aliphatic rings. The molecule has 1 amide bonds. The molecule has 0 aromatic heterocycles. The molecule has 0 fully saturated rings. The molecule has 0 bridgehead atoms. The van der Waals surface area contributed by atoms with Crippen molar-refractivity contribution in [1.82, 2.24) is 10.6 Å². The van der Waals surface area contributed by atoms with Crippen molar-refractivity contribution in [3.8, 4) is 0 Å². The van der Waals surface area contributed by atoms with Crippen LogP contribution in [-0.4, -0.2) is 19.5 Å². The smallest absolute Gasteiger partial charge is 0.224 e. The Balaban J connectivity index is 2.62. The third-order valence-corrected chi connectivity index (χ3v) is 2.88. The van der Waals surface area contributed by atoms with Gasteiger partial charge in [-0.05, 0) is 19.0 Å². The molecule has 0 heterocycles. The van der Waals surface area contributed by atoms with E-state index in [1.54, 1.807) is 0 Å². The topological polar surface area (TPSA) is 41.1 Å². The first kappa shape index (κ1) is 13.7. The number of rotatable bonds is 6. The molecule has 0 saturated carbocycles. The van der Waals surface area contributed by atoms with Gasteiger partial charge in [-0.2, -0.15) is 0 Å². The van der Waals surface area contributed by atoms with Gasteiger partial charge in [-0.3, -0.25) is 4.79 Å². The number of hydrogen-bond acceptors (Lipinski definition) is 2. The SMILES string of the molecule is CCC(NC(=O)C(C)CNC)c1ccccc1. The lowest BCUT2D eigenvalue weighted by Gasteiger charge is -2.20. The summed E-state index contributed by atoms with van der Waals surface area (Å²) in [5, 5.41) is 6.11. The molecule has 94 valence electrons. The van der Waals surface area contributed by atoms with Gasteiger partial charge in [-0.1, -0.05) is 44.2 Å². The van der Waals surface area contributed by atoms with Gasteiger partial charge in [0.15, 0.2) is 0 Å². The van der Waals surface area contributed by atoms with Gasteiger partial charge in [0.05, 0.1) is 6.04 Å². The fourth-order valence-electron chi connectivity index (χ4n) is 1.82. The lowest BCUT2D eigenvalue weighted by atomic mass is 10.0. The quantitative estimate of drug-likeness (QED) is 0.791. The summed E-state index contributed by atoms with van der Waals surface area (Å²) in [6.07, 6.45) is 0.905. The summed E-state index contributed by atoms with van der Waals surface area (Å²) in [6, 6.07) is 10.2. The normalized spacial score (nSPS) is 14.1. The Morgan fingerprint density at radius 3 is 2.47 bits per heavy atom. The Morgan fingerprint density at radius 1 is 1.29 bits per heavy atom. The van der Waals surface area contributed by atoms with Crippen molar-refractivity contribution in [3.05, 3.63) is 35.9 Å². The summed E-state index contributed by atoms with van der Waals surface area (Å²) in [5.74, 6) is 0.104. The van der Waals surface area contributed by atoms with Gasteiger partial charge in [-0.15, -0.1) is 0 Å². The van der Waals surface area contributed by atoms with E-state index in [1.807, 2.05) is 32.2 Å². The van der Waals surface area contributed by atoms with Gasteiger partial charge in [0, 0.05) is 12.5 Å². The minimum Gasteiger partial charge on any atom is -0.349 e. The lowest BCUT2D eigenvalue weighted by Crippen LogP contribution is -2.36. The Bertz CT molecular complexity index is 337. The van der Waals surface area contributed by atoms with Gasteiger partial charge in [-0.25, -0.2) is 0 Å². The number of benzene rings is 1. The van der Waals surface area contributed by atoms with E-state index in [-0.39, 0.29) is 17.9 Å². The first-order valence-electron chi connectivity index (χ1n) is 6.19. The van der Waals surface area contributed by atoms with Crippen LogP contribution in [0.25, 0.3) is 0 Å². The van der Waals surface area contributed by atoms with Crippen LogP contribution in [0.15, 0.2) is 30.3 Å². The third kappa shape index (κ3) is 4.19. The first-order valence-corrected chi connectivity index (χ1v) is 6.19. The largest absolute Gasteiger partial charge is 0.349 e. The zero-order valence-electron chi connectivity index (χ0n) is 10.9.